The number of nitrogens with zero attached hydrogens (tertiary/aromatic N) is 2. The molecule has 3 aliphatic rings. The number of hydrogen-bond donors (Lipinski definition) is 0. The molecule has 2 amide bonds. The van der Waals surface area contributed by atoms with Gasteiger partial charge in [-0.2, -0.15) is 0 Å². The first-order valence-corrected chi connectivity index (χ1v) is 11.5. The molecule has 7 heteroatoms. The van der Waals surface area contributed by atoms with Gasteiger partial charge in [-0.1, -0.05) is 47.5 Å². The maximum absolute atomic E-state index is 14.0. The van der Waals surface area contributed by atoms with Crippen LogP contribution in [0.4, 0.5) is 10.5 Å². The van der Waals surface area contributed by atoms with E-state index < -0.39 is 11.0 Å². The minimum absolute atomic E-state index is 0.112. The fourth-order valence-corrected chi connectivity index (χ4v) is 5.47. The first kappa shape index (κ1) is 21.3. The Hall–Kier alpha value is -2.57. The number of carbonyl (C=O) groups is 2. The molecule has 168 valence electrons. The maximum Gasteiger partial charge on any atom is 0.415 e. The minimum Gasteiger partial charge on any atom is -0.439 e. The molecule has 3 heterocycles. The quantitative estimate of drug-likeness (QED) is 0.692. The molecular formula is C25H27ClN2O4. The van der Waals surface area contributed by atoms with Crippen molar-refractivity contribution in [1.82, 2.24) is 4.90 Å². The summed E-state index contributed by atoms with van der Waals surface area (Å²) in [6, 6.07) is 15.4. The summed E-state index contributed by atoms with van der Waals surface area (Å²) in [5.41, 5.74) is 1.63. The van der Waals surface area contributed by atoms with E-state index in [4.69, 9.17) is 21.1 Å². The van der Waals surface area contributed by atoms with E-state index in [0.29, 0.717) is 62.8 Å². The van der Waals surface area contributed by atoms with Crippen LogP contribution in [0.2, 0.25) is 5.02 Å². The Morgan fingerprint density at radius 3 is 2.56 bits per heavy atom. The van der Waals surface area contributed by atoms with Crippen LogP contribution < -0.4 is 4.90 Å². The molecule has 0 N–H and O–H groups in total. The molecule has 0 aliphatic carbocycles. The Labute approximate surface area is 193 Å². The van der Waals surface area contributed by atoms with Crippen LogP contribution in [0.25, 0.3) is 0 Å². The van der Waals surface area contributed by atoms with Crippen molar-refractivity contribution in [3.8, 4) is 0 Å². The van der Waals surface area contributed by atoms with Crippen LogP contribution in [-0.2, 0) is 19.7 Å². The van der Waals surface area contributed by atoms with Gasteiger partial charge in [-0.05, 0) is 43.5 Å². The Kier molecular flexibility index (Phi) is 5.38. The molecule has 0 radical (unpaired) electrons. The first-order chi connectivity index (χ1) is 15.4. The molecule has 1 unspecified atom stereocenters. The fourth-order valence-electron chi connectivity index (χ4n) is 5.29. The highest BCUT2D eigenvalue weighted by molar-refractivity contribution is 6.30. The second-order valence-electron chi connectivity index (χ2n) is 9.16. The summed E-state index contributed by atoms with van der Waals surface area (Å²) < 4.78 is 11.5. The largest absolute Gasteiger partial charge is 0.439 e. The Bertz CT molecular complexity index is 1050. The second kappa shape index (κ2) is 8.09. The van der Waals surface area contributed by atoms with E-state index in [-0.39, 0.29) is 12.0 Å². The maximum atomic E-state index is 14.0. The number of benzene rings is 2. The topological polar surface area (TPSA) is 59.1 Å². The average molecular weight is 455 g/mol. The summed E-state index contributed by atoms with van der Waals surface area (Å²) in [4.78, 5) is 30.1. The first-order valence-electron chi connectivity index (χ1n) is 11.1. The van der Waals surface area contributed by atoms with E-state index >= 15 is 0 Å². The van der Waals surface area contributed by atoms with E-state index in [0.717, 1.165) is 11.1 Å². The van der Waals surface area contributed by atoms with Crippen molar-refractivity contribution in [2.24, 2.45) is 0 Å². The van der Waals surface area contributed by atoms with Crippen LogP contribution in [0.5, 0.6) is 0 Å². The van der Waals surface area contributed by atoms with E-state index in [1.165, 1.54) is 0 Å². The second-order valence-corrected chi connectivity index (χ2v) is 9.59. The number of aryl methyl sites for hydroxylation is 1. The molecule has 5 rings (SSSR count). The van der Waals surface area contributed by atoms with Gasteiger partial charge in [0.15, 0.2) is 5.60 Å². The highest BCUT2D eigenvalue weighted by atomic mass is 35.5. The fraction of sp³-hybridized carbons (Fsp3) is 0.440. The summed E-state index contributed by atoms with van der Waals surface area (Å²) in [6.45, 7) is 4.57. The molecule has 3 saturated heterocycles. The molecule has 1 atom stereocenters. The van der Waals surface area contributed by atoms with Crippen LogP contribution in [-0.4, -0.2) is 55.3 Å². The van der Waals surface area contributed by atoms with Gasteiger partial charge in [0, 0.05) is 36.9 Å². The summed E-state index contributed by atoms with van der Waals surface area (Å²) in [5, 5.41) is 0.569. The van der Waals surface area contributed by atoms with Crippen LogP contribution in [0, 0.1) is 6.92 Å². The molecule has 32 heavy (non-hydrogen) atoms. The molecule has 3 aliphatic heterocycles. The van der Waals surface area contributed by atoms with Gasteiger partial charge in [0.2, 0.25) is 5.91 Å². The van der Waals surface area contributed by atoms with Gasteiger partial charge in [-0.3, -0.25) is 9.69 Å². The van der Waals surface area contributed by atoms with Gasteiger partial charge in [0.25, 0.3) is 0 Å². The third kappa shape index (κ3) is 3.65. The zero-order chi connectivity index (χ0) is 22.3. The lowest BCUT2D eigenvalue weighted by atomic mass is 9.72. The smallest absolute Gasteiger partial charge is 0.415 e. The zero-order valence-corrected chi connectivity index (χ0v) is 18.9. The molecule has 1 spiro atoms. The summed E-state index contributed by atoms with van der Waals surface area (Å²) >= 11 is 6.12. The SMILES string of the molecule is Cc1cccc(C2(C(=O)N3CCC4(C3)CN(c3cccc(Cl)c3)C(=O)O4)CCOCC2)c1. The van der Waals surface area contributed by atoms with Crippen LogP contribution in [0.1, 0.15) is 30.4 Å². The van der Waals surface area contributed by atoms with E-state index in [1.807, 2.05) is 36.1 Å². The molecule has 2 aromatic rings. The Balaban J connectivity index is 1.38. The van der Waals surface area contributed by atoms with Crippen molar-refractivity contribution in [3.63, 3.8) is 0 Å². The van der Waals surface area contributed by atoms with Gasteiger partial charge >= 0.3 is 6.09 Å². The molecule has 0 bridgehead atoms. The van der Waals surface area contributed by atoms with Gasteiger partial charge in [-0.25, -0.2) is 4.79 Å². The number of hydrogen-bond acceptors (Lipinski definition) is 4. The van der Waals surface area contributed by atoms with Crippen LogP contribution >= 0.6 is 11.6 Å². The molecule has 3 fully saturated rings. The highest BCUT2D eigenvalue weighted by Crippen LogP contribution is 2.41. The number of ether oxygens (including phenoxy) is 2. The lowest BCUT2D eigenvalue weighted by Crippen LogP contribution is -2.50. The van der Waals surface area contributed by atoms with Crippen molar-refractivity contribution in [1.29, 1.82) is 0 Å². The lowest BCUT2D eigenvalue weighted by molar-refractivity contribution is -0.141. The third-order valence-electron chi connectivity index (χ3n) is 7.02. The van der Waals surface area contributed by atoms with E-state index in [2.05, 4.69) is 12.1 Å². The molecule has 6 nitrogen and oxygen atoms in total. The predicted molar refractivity (Wildman–Crippen MR) is 122 cm³/mol. The van der Waals surface area contributed by atoms with E-state index in [1.54, 1.807) is 17.0 Å². The standard InChI is InChI=1S/C25H27ClN2O4/c1-18-4-2-5-19(14-18)25(9-12-31-13-10-25)22(29)27-11-8-24(16-27)17-28(23(30)32-24)21-7-3-6-20(26)15-21/h2-7,14-15H,8-13,16-17H2,1H3. The van der Waals surface area contributed by atoms with Gasteiger partial charge < -0.3 is 14.4 Å². The number of halogens is 1. The van der Waals surface area contributed by atoms with Crippen LogP contribution in [0.15, 0.2) is 48.5 Å². The molecular weight excluding hydrogens is 428 g/mol. The summed E-state index contributed by atoms with van der Waals surface area (Å²) in [5.74, 6) is 0.112. The normalized spacial score (nSPS) is 24.8. The number of carbonyl (C=O) groups excluding carboxylic acids is 2. The number of rotatable bonds is 3. The predicted octanol–water partition coefficient (Wildman–Crippen LogP) is 4.32. The van der Waals surface area contributed by atoms with Crippen molar-refractivity contribution in [2.45, 2.75) is 37.2 Å². The van der Waals surface area contributed by atoms with Crippen molar-refractivity contribution < 1.29 is 19.1 Å². The van der Waals surface area contributed by atoms with E-state index in [9.17, 15) is 9.59 Å². The molecule has 0 saturated carbocycles. The molecule has 2 aromatic carbocycles. The summed E-state index contributed by atoms with van der Waals surface area (Å²) in [7, 11) is 0. The lowest BCUT2D eigenvalue weighted by Gasteiger charge is -2.39. The Morgan fingerprint density at radius 1 is 1.03 bits per heavy atom. The number of likely N-dealkylation sites (tertiary alicyclic amines) is 1. The zero-order valence-electron chi connectivity index (χ0n) is 18.2. The highest BCUT2D eigenvalue weighted by Gasteiger charge is 2.54. The minimum atomic E-state index is -0.686. The van der Waals surface area contributed by atoms with Gasteiger partial charge in [0.05, 0.1) is 18.5 Å². The van der Waals surface area contributed by atoms with Crippen LogP contribution in [0.3, 0.4) is 0 Å². The van der Waals surface area contributed by atoms with Crippen molar-refractivity contribution in [2.75, 3.05) is 37.7 Å². The monoisotopic (exact) mass is 454 g/mol. The summed E-state index contributed by atoms with van der Waals surface area (Å²) in [6.07, 6.45) is 1.56. The van der Waals surface area contributed by atoms with Crippen molar-refractivity contribution >= 4 is 29.3 Å². The van der Waals surface area contributed by atoms with Gasteiger partial charge in [0.1, 0.15) is 0 Å². The van der Waals surface area contributed by atoms with Gasteiger partial charge in [-0.15, -0.1) is 0 Å². The number of anilines is 1. The van der Waals surface area contributed by atoms with Crippen molar-refractivity contribution in [3.05, 3.63) is 64.7 Å². The Morgan fingerprint density at radius 2 is 1.81 bits per heavy atom. The number of amides is 2. The third-order valence-corrected chi connectivity index (χ3v) is 7.26. The average Bonchev–Trinajstić information content (AvgIpc) is 3.36. The molecule has 0 aromatic heterocycles.